The fourth-order valence-electron chi connectivity index (χ4n) is 3.04. The molecular formula is C18H22O4S. The van der Waals surface area contributed by atoms with Crippen molar-refractivity contribution in [1.82, 2.24) is 0 Å². The lowest BCUT2D eigenvalue weighted by Crippen LogP contribution is -2.22. The Balaban J connectivity index is 2.01. The molecule has 0 spiro atoms. The van der Waals surface area contributed by atoms with Gasteiger partial charge in [-0.15, -0.1) is 0 Å². The number of Topliss-reactive ketones (excluding diaryl/α,β-unsaturated/α-hetero) is 1. The van der Waals surface area contributed by atoms with Crippen LogP contribution in [0, 0.1) is 0 Å². The van der Waals surface area contributed by atoms with Crippen LogP contribution in [0.25, 0.3) is 0 Å². The quantitative estimate of drug-likeness (QED) is 0.795. The maximum Gasteiger partial charge on any atom is 0.317 e. The Morgan fingerprint density at radius 3 is 2.26 bits per heavy atom. The van der Waals surface area contributed by atoms with Gasteiger partial charge in [0.05, 0.1) is 0 Å². The number of rotatable bonds is 6. The van der Waals surface area contributed by atoms with Gasteiger partial charge < -0.3 is 5.11 Å². The monoisotopic (exact) mass is 334 g/mol. The van der Waals surface area contributed by atoms with Crippen LogP contribution in [-0.4, -0.2) is 27.2 Å². The zero-order chi connectivity index (χ0) is 16.8. The van der Waals surface area contributed by atoms with Gasteiger partial charge in [-0.2, -0.15) is 0 Å². The summed E-state index contributed by atoms with van der Waals surface area (Å²) in [6.45, 7) is 1.31. The zero-order valence-electron chi connectivity index (χ0n) is 13.3. The Morgan fingerprint density at radius 2 is 1.74 bits per heavy atom. The van der Waals surface area contributed by atoms with E-state index in [0.717, 1.165) is 0 Å². The van der Waals surface area contributed by atoms with Crippen LogP contribution in [0.1, 0.15) is 67.3 Å². The Labute approximate surface area is 140 Å². The van der Waals surface area contributed by atoms with E-state index in [4.69, 9.17) is 5.11 Å². The van der Waals surface area contributed by atoms with Gasteiger partial charge in [0.1, 0.15) is 5.25 Å². The molecule has 5 heteroatoms. The van der Waals surface area contributed by atoms with Crippen LogP contribution < -0.4 is 0 Å². The van der Waals surface area contributed by atoms with E-state index >= 15 is 0 Å². The maximum absolute atomic E-state index is 12.2. The highest BCUT2D eigenvalue weighted by Crippen LogP contribution is 2.32. The van der Waals surface area contributed by atoms with E-state index in [2.05, 4.69) is 0 Å². The summed E-state index contributed by atoms with van der Waals surface area (Å²) >= 11 is 0.697. The smallest absolute Gasteiger partial charge is 0.317 e. The van der Waals surface area contributed by atoms with Crippen LogP contribution in [-0.2, 0) is 9.59 Å². The molecule has 1 aromatic rings. The van der Waals surface area contributed by atoms with Gasteiger partial charge in [-0.05, 0) is 24.3 Å². The number of thioether (sulfide) groups is 1. The van der Waals surface area contributed by atoms with E-state index in [0.29, 0.717) is 23.2 Å². The average Bonchev–Trinajstić information content (AvgIpc) is 2.54. The second-order valence-electron chi connectivity index (χ2n) is 6.02. The van der Waals surface area contributed by atoms with E-state index in [-0.39, 0.29) is 17.3 Å². The molecule has 1 atom stereocenters. The Bertz CT molecular complexity index is 573. The van der Waals surface area contributed by atoms with Gasteiger partial charge in [-0.25, -0.2) is 0 Å². The van der Waals surface area contributed by atoms with Crippen LogP contribution in [0.4, 0.5) is 0 Å². The van der Waals surface area contributed by atoms with Crippen LogP contribution in [0.15, 0.2) is 24.3 Å². The predicted molar refractivity (Wildman–Crippen MR) is 90.9 cm³/mol. The van der Waals surface area contributed by atoms with Crippen LogP contribution in [0.2, 0.25) is 0 Å². The number of carboxylic acids is 1. The van der Waals surface area contributed by atoms with Gasteiger partial charge in [0, 0.05) is 18.9 Å². The first-order valence-corrected chi connectivity index (χ1v) is 8.88. The van der Waals surface area contributed by atoms with E-state index in [1.165, 1.54) is 44.6 Å². The van der Waals surface area contributed by atoms with Crippen molar-refractivity contribution < 1.29 is 19.5 Å². The molecule has 0 saturated heterocycles. The van der Waals surface area contributed by atoms with Gasteiger partial charge in [0.25, 0.3) is 0 Å². The lowest BCUT2D eigenvalue weighted by Gasteiger charge is -2.22. The molecule has 0 aliphatic heterocycles. The Kier molecular flexibility index (Phi) is 6.39. The van der Waals surface area contributed by atoms with Crippen LogP contribution in [0.5, 0.6) is 0 Å². The molecule has 1 aliphatic rings. The fourth-order valence-corrected chi connectivity index (χ4v) is 3.78. The number of benzene rings is 1. The third-order valence-corrected chi connectivity index (χ3v) is 5.25. The van der Waals surface area contributed by atoms with E-state index in [1.54, 1.807) is 12.1 Å². The third kappa shape index (κ3) is 5.20. The molecule has 1 aliphatic carbocycles. The molecule has 1 N–H and O–H groups in total. The van der Waals surface area contributed by atoms with Gasteiger partial charge in [-0.1, -0.05) is 55.3 Å². The van der Waals surface area contributed by atoms with E-state index in [1.807, 2.05) is 12.1 Å². The maximum atomic E-state index is 12.2. The van der Waals surface area contributed by atoms with Crippen molar-refractivity contribution >= 4 is 28.6 Å². The molecule has 0 radical (unpaired) electrons. The molecule has 1 fully saturated rings. The summed E-state index contributed by atoms with van der Waals surface area (Å²) in [6.07, 6.45) is 6.05. The van der Waals surface area contributed by atoms with Crippen molar-refractivity contribution in [3.63, 3.8) is 0 Å². The van der Waals surface area contributed by atoms with Gasteiger partial charge in [-0.3, -0.25) is 14.4 Å². The molecule has 1 saturated carbocycles. The molecule has 2 rings (SSSR count). The molecule has 0 heterocycles. The van der Waals surface area contributed by atoms with Crippen LogP contribution in [0.3, 0.4) is 0 Å². The van der Waals surface area contributed by atoms with Gasteiger partial charge >= 0.3 is 5.97 Å². The number of carboxylic acid groups (broad SMARTS) is 1. The van der Waals surface area contributed by atoms with Crippen molar-refractivity contribution in [3.05, 3.63) is 35.4 Å². The summed E-state index contributed by atoms with van der Waals surface area (Å²) in [5.74, 6) is -0.786. The van der Waals surface area contributed by atoms with Crippen molar-refractivity contribution in [1.29, 1.82) is 0 Å². The van der Waals surface area contributed by atoms with Gasteiger partial charge in [0.2, 0.25) is 0 Å². The molecule has 1 unspecified atom stereocenters. The topological polar surface area (TPSA) is 71.4 Å². The minimum Gasteiger partial charge on any atom is -0.480 e. The van der Waals surface area contributed by atoms with Crippen molar-refractivity contribution in [2.24, 2.45) is 0 Å². The normalized spacial score (nSPS) is 16.7. The molecule has 23 heavy (non-hydrogen) atoms. The minimum absolute atomic E-state index is 0.164. The second-order valence-corrected chi connectivity index (χ2v) is 7.40. The largest absolute Gasteiger partial charge is 0.480 e. The number of hydrogen-bond donors (Lipinski definition) is 1. The first kappa shape index (κ1) is 17.7. The molecule has 0 aromatic heterocycles. The van der Waals surface area contributed by atoms with E-state index < -0.39 is 11.2 Å². The molecule has 0 bridgehead atoms. The number of carbonyl (C=O) groups is 3. The predicted octanol–water partition coefficient (Wildman–Crippen LogP) is 4.04. The fraction of sp³-hybridized carbons (Fsp3) is 0.500. The third-order valence-electron chi connectivity index (χ3n) is 4.26. The molecular weight excluding hydrogens is 312 g/mol. The summed E-state index contributed by atoms with van der Waals surface area (Å²) in [7, 11) is 0. The lowest BCUT2D eigenvalue weighted by atomic mass is 9.84. The summed E-state index contributed by atoms with van der Waals surface area (Å²) in [5.41, 5.74) is 1.77. The first-order valence-electron chi connectivity index (χ1n) is 8.00. The number of carbonyl (C=O) groups excluding carboxylic acids is 2. The summed E-state index contributed by atoms with van der Waals surface area (Å²) in [6, 6.07) is 7.53. The molecule has 0 amide bonds. The average molecular weight is 334 g/mol. The van der Waals surface area contributed by atoms with Crippen LogP contribution >= 0.6 is 11.8 Å². The molecule has 4 nitrogen and oxygen atoms in total. The number of hydrogen-bond acceptors (Lipinski definition) is 4. The van der Waals surface area contributed by atoms with Crippen molar-refractivity contribution in [2.75, 3.05) is 0 Å². The number of aliphatic carboxylic acids is 1. The first-order chi connectivity index (χ1) is 11.0. The summed E-state index contributed by atoms with van der Waals surface area (Å²) < 4.78 is 0. The van der Waals surface area contributed by atoms with Crippen molar-refractivity contribution in [2.45, 2.75) is 56.6 Å². The molecule has 124 valence electrons. The van der Waals surface area contributed by atoms with Gasteiger partial charge in [0.15, 0.2) is 10.9 Å². The van der Waals surface area contributed by atoms with E-state index in [9.17, 15) is 14.4 Å². The Morgan fingerprint density at radius 1 is 1.13 bits per heavy atom. The standard InChI is InChI=1S/C18H22O4S/c1-12(19)23-17(18(21)22)11-16(20)15-9-7-14(8-10-15)13-5-3-2-4-6-13/h7-10,13,17H,2-6,11H2,1H3,(H,21,22). The zero-order valence-corrected chi connectivity index (χ0v) is 14.1. The van der Waals surface area contributed by atoms with Crippen molar-refractivity contribution in [3.8, 4) is 0 Å². The summed E-state index contributed by atoms with van der Waals surface area (Å²) in [5, 5.41) is 7.80. The lowest BCUT2D eigenvalue weighted by molar-refractivity contribution is -0.136. The SMILES string of the molecule is CC(=O)SC(CC(=O)c1ccc(C2CCCCC2)cc1)C(=O)O. The minimum atomic E-state index is -1.13. The highest BCUT2D eigenvalue weighted by molar-refractivity contribution is 8.14. The highest BCUT2D eigenvalue weighted by Gasteiger charge is 2.24. The Hall–Kier alpha value is -1.62. The molecule has 1 aromatic carbocycles. The second kappa shape index (κ2) is 8.29. The highest BCUT2D eigenvalue weighted by atomic mass is 32.2. The number of ketones is 1. The summed E-state index contributed by atoms with van der Waals surface area (Å²) in [4.78, 5) is 34.5.